The van der Waals surface area contributed by atoms with Gasteiger partial charge in [-0.3, -0.25) is 0 Å². The number of aliphatic hydroxyl groups excluding tert-OH is 1. The van der Waals surface area contributed by atoms with Gasteiger partial charge < -0.3 is 9.84 Å². The molecule has 2 heteroatoms. The summed E-state index contributed by atoms with van der Waals surface area (Å²) in [6, 6.07) is 10.2. The lowest BCUT2D eigenvalue weighted by Gasteiger charge is -2.02. The van der Waals surface area contributed by atoms with Crippen LogP contribution in [0.2, 0.25) is 0 Å². The second-order valence-electron chi connectivity index (χ2n) is 5.49. The zero-order valence-corrected chi connectivity index (χ0v) is 13.2. The Balaban J connectivity index is 1.82. The summed E-state index contributed by atoms with van der Waals surface area (Å²) in [6.07, 6.45) is 14.9. The van der Waals surface area contributed by atoms with Crippen LogP contribution in [0.1, 0.15) is 63.4 Å². The fourth-order valence-electron chi connectivity index (χ4n) is 2.29. The molecule has 0 aliphatic rings. The van der Waals surface area contributed by atoms with E-state index in [1.807, 2.05) is 24.3 Å². The fourth-order valence-corrected chi connectivity index (χ4v) is 2.29. The van der Waals surface area contributed by atoms with Gasteiger partial charge in [0.25, 0.3) is 0 Å². The van der Waals surface area contributed by atoms with Crippen LogP contribution >= 0.6 is 0 Å². The highest BCUT2D eigenvalue weighted by atomic mass is 16.5. The predicted octanol–water partition coefficient (Wildman–Crippen LogP) is 5.18. The third-order valence-corrected chi connectivity index (χ3v) is 3.58. The molecule has 0 heterocycles. The molecule has 0 radical (unpaired) electrons. The van der Waals surface area contributed by atoms with Crippen molar-refractivity contribution in [1.29, 1.82) is 0 Å². The first-order chi connectivity index (χ1) is 10.4. The van der Waals surface area contributed by atoms with Gasteiger partial charge in [-0.05, 0) is 24.5 Å². The number of benzene rings is 1. The van der Waals surface area contributed by atoms with Crippen molar-refractivity contribution in [2.24, 2.45) is 0 Å². The van der Waals surface area contributed by atoms with Gasteiger partial charge in [-0.2, -0.15) is 0 Å². The zero-order chi connectivity index (χ0) is 15.0. The zero-order valence-electron chi connectivity index (χ0n) is 13.2. The summed E-state index contributed by atoms with van der Waals surface area (Å²) in [7, 11) is 0. The first-order valence-corrected chi connectivity index (χ1v) is 8.37. The van der Waals surface area contributed by atoms with Gasteiger partial charge in [0.15, 0.2) is 0 Å². The van der Waals surface area contributed by atoms with Crippen molar-refractivity contribution in [3.63, 3.8) is 0 Å². The predicted molar refractivity (Wildman–Crippen MR) is 90.1 cm³/mol. The Morgan fingerprint density at radius 3 is 1.95 bits per heavy atom. The molecule has 21 heavy (non-hydrogen) atoms. The van der Waals surface area contributed by atoms with Gasteiger partial charge in [0.2, 0.25) is 0 Å². The van der Waals surface area contributed by atoms with Crippen LogP contribution in [0.25, 0.3) is 6.08 Å². The molecule has 0 aliphatic heterocycles. The van der Waals surface area contributed by atoms with E-state index in [0.717, 1.165) is 19.4 Å². The SMILES string of the molecule is OCCCCCCCCCCCOC=Cc1ccccc1. The third kappa shape index (κ3) is 11.1. The molecule has 0 fully saturated rings. The minimum absolute atomic E-state index is 0.346. The smallest absolute Gasteiger partial charge is 0.0873 e. The van der Waals surface area contributed by atoms with Crippen molar-refractivity contribution in [2.45, 2.75) is 57.8 Å². The topological polar surface area (TPSA) is 29.5 Å². The Hall–Kier alpha value is -1.28. The number of unbranched alkanes of at least 4 members (excludes halogenated alkanes) is 8. The lowest BCUT2D eigenvalue weighted by Crippen LogP contribution is -1.88. The second kappa shape index (κ2) is 13.7. The van der Waals surface area contributed by atoms with Gasteiger partial charge in [0.05, 0.1) is 12.9 Å². The summed E-state index contributed by atoms with van der Waals surface area (Å²) in [4.78, 5) is 0. The van der Waals surface area contributed by atoms with E-state index in [0.29, 0.717) is 6.61 Å². The van der Waals surface area contributed by atoms with Crippen LogP contribution in [-0.2, 0) is 4.74 Å². The molecule has 1 aromatic carbocycles. The molecule has 0 bridgehead atoms. The highest BCUT2D eigenvalue weighted by Gasteiger charge is 1.92. The van der Waals surface area contributed by atoms with E-state index in [1.165, 1.54) is 50.5 Å². The van der Waals surface area contributed by atoms with E-state index in [1.54, 1.807) is 6.26 Å². The number of hydrogen-bond donors (Lipinski definition) is 1. The van der Waals surface area contributed by atoms with Crippen molar-refractivity contribution in [2.75, 3.05) is 13.2 Å². The lowest BCUT2D eigenvalue weighted by molar-refractivity contribution is 0.243. The van der Waals surface area contributed by atoms with Gasteiger partial charge >= 0.3 is 0 Å². The normalized spacial score (nSPS) is 11.1. The minimum Gasteiger partial charge on any atom is -0.501 e. The summed E-state index contributed by atoms with van der Waals surface area (Å²) in [5, 5.41) is 8.68. The Bertz CT molecular complexity index is 346. The summed E-state index contributed by atoms with van der Waals surface area (Å²) >= 11 is 0. The Kier molecular flexibility index (Phi) is 11.6. The van der Waals surface area contributed by atoms with Gasteiger partial charge in [0, 0.05) is 6.61 Å². The first-order valence-electron chi connectivity index (χ1n) is 8.37. The summed E-state index contributed by atoms with van der Waals surface area (Å²) < 4.78 is 5.51. The van der Waals surface area contributed by atoms with Crippen LogP contribution in [0.5, 0.6) is 0 Å². The molecule has 0 aromatic heterocycles. The summed E-state index contributed by atoms with van der Waals surface area (Å²) in [5.74, 6) is 0. The molecule has 0 amide bonds. The van der Waals surface area contributed by atoms with E-state index < -0.39 is 0 Å². The van der Waals surface area contributed by atoms with Crippen LogP contribution in [0.4, 0.5) is 0 Å². The maximum Gasteiger partial charge on any atom is 0.0873 e. The van der Waals surface area contributed by atoms with E-state index >= 15 is 0 Å². The molecule has 1 aromatic rings. The van der Waals surface area contributed by atoms with Crippen molar-refractivity contribution in [3.05, 3.63) is 42.2 Å². The van der Waals surface area contributed by atoms with Crippen molar-refractivity contribution in [1.82, 2.24) is 0 Å². The summed E-state index contributed by atoms with van der Waals surface area (Å²) in [5.41, 5.74) is 1.18. The van der Waals surface area contributed by atoms with E-state index in [-0.39, 0.29) is 0 Å². The van der Waals surface area contributed by atoms with Crippen LogP contribution in [0.15, 0.2) is 36.6 Å². The molecule has 2 nitrogen and oxygen atoms in total. The van der Waals surface area contributed by atoms with E-state index in [9.17, 15) is 0 Å². The van der Waals surface area contributed by atoms with Crippen LogP contribution in [0.3, 0.4) is 0 Å². The Morgan fingerprint density at radius 2 is 1.33 bits per heavy atom. The molecule has 1 N–H and O–H groups in total. The van der Waals surface area contributed by atoms with Gasteiger partial charge in [-0.1, -0.05) is 75.3 Å². The highest BCUT2D eigenvalue weighted by molar-refractivity contribution is 5.47. The maximum absolute atomic E-state index is 8.68. The summed E-state index contributed by atoms with van der Waals surface area (Å²) in [6.45, 7) is 1.17. The van der Waals surface area contributed by atoms with Crippen molar-refractivity contribution in [3.8, 4) is 0 Å². The average Bonchev–Trinajstić information content (AvgIpc) is 2.53. The molecule has 1 rings (SSSR count). The Morgan fingerprint density at radius 1 is 0.762 bits per heavy atom. The van der Waals surface area contributed by atoms with Gasteiger partial charge in [0.1, 0.15) is 0 Å². The first kappa shape index (κ1) is 17.8. The largest absolute Gasteiger partial charge is 0.501 e. The number of aliphatic hydroxyl groups is 1. The molecule has 0 saturated carbocycles. The van der Waals surface area contributed by atoms with Crippen LogP contribution in [0, 0.1) is 0 Å². The van der Waals surface area contributed by atoms with E-state index in [4.69, 9.17) is 9.84 Å². The lowest BCUT2D eigenvalue weighted by atomic mass is 10.1. The molecule has 0 atom stereocenters. The van der Waals surface area contributed by atoms with E-state index in [2.05, 4.69) is 12.1 Å². The van der Waals surface area contributed by atoms with Crippen LogP contribution < -0.4 is 0 Å². The van der Waals surface area contributed by atoms with Crippen molar-refractivity contribution >= 4 is 6.08 Å². The quantitative estimate of drug-likeness (QED) is 0.401. The molecule has 118 valence electrons. The molecule has 0 aliphatic carbocycles. The average molecular weight is 290 g/mol. The van der Waals surface area contributed by atoms with Crippen LogP contribution in [-0.4, -0.2) is 18.3 Å². The minimum atomic E-state index is 0.346. The Labute approximate surface area is 129 Å². The van der Waals surface area contributed by atoms with Gasteiger partial charge in [-0.25, -0.2) is 0 Å². The molecule has 0 spiro atoms. The molecular weight excluding hydrogens is 260 g/mol. The van der Waals surface area contributed by atoms with Crippen molar-refractivity contribution < 1.29 is 9.84 Å². The monoisotopic (exact) mass is 290 g/mol. The van der Waals surface area contributed by atoms with Gasteiger partial charge in [-0.15, -0.1) is 0 Å². The number of ether oxygens (including phenoxy) is 1. The number of rotatable bonds is 13. The molecular formula is C19H30O2. The fraction of sp³-hybridized carbons (Fsp3) is 0.579. The third-order valence-electron chi connectivity index (χ3n) is 3.58. The standard InChI is InChI=1S/C19H30O2/c20-16-11-6-4-2-1-3-5-7-12-17-21-18-15-19-13-9-8-10-14-19/h8-10,13-15,18,20H,1-7,11-12,16-17H2. The highest BCUT2D eigenvalue weighted by Crippen LogP contribution is 2.09. The maximum atomic E-state index is 8.68. The molecule has 0 unspecified atom stereocenters. The molecule has 0 saturated heterocycles. The number of hydrogen-bond acceptors (Lipinski definition) is 2. The second-order valence-corrected chi connectivity index (χ2v) is 5.49.